The van der Waals surface area contributed by atoms with E-state index in [1.807, 2.05) is 18.5 Å². The topological polar surface area (TPSA) is 63.5 Å². The van der Waals surface area contributed by atoms with E-state index in [1.165, 1.54) is 16.7 Å². The molecule has 0 bridgehead atoms. The summed E-state index contributed by atoms with van der Waals surface area (Å²) in [7, 11) is 1.80. The van der Waals surface area contributed by atoms with Crippen LogP contribution in [0.5, 0.6) is 5.75 Å². The number of ether oxygens (including phenoxy) is 1. The molecule has 0 aliphatic carbocycles. The first-order valence-electron chi connectivity index (χ1n) is 10.5. The Labute approximate surface area is 178 Å². The van der Waals surface area contributed by atoms with Crippen molar-refractivity contribution in [2.24, 2.45) is 4.99 Å². The fourth-order valence-electron chi connectivity index (χ4n) is 3.73. The van der Waals surface area contributed by atoms with E-state index >= 15 is 0 Å². The molecule has 1 aliphatic heterocycles. The molecule has 3 aromatic rings. The molecule has 6 heteroatoms. The number of guanidine groups is 1. The van der Waals surface area contributed by atoms with E-state index in [0.29, 0.717) is 0 Å². The van der Waals surface area contributed by atoms with Gasteiger partial charge in [0.25, 0.3) is 0 Å². The Bertz CT molecular complexity index is 980. The first-order chi connectivity index (χ1) is 14.8. The highest BCUT2D eigenvalue weighted by Gasteiger charge is 2.11. The van der Waals surface area contributed by atoms with Gasteiger partial charge in [0.1, 0.15) is 11.6 Å². The fraction of sp³-hybridized carbons (Fsp3) is 0.333. The zero-order valence-electron chi connectivity index (χ0n) is 17.5. The van der Waals surface area contributed by atoms with Crippen molar-refractivity contribution in [1.82, 2.24) is 20.2 Å². The van der Waals surface area contributed by atoms with Crippen LogP contribution in [0.25, 0.3) is 0 Å². The van der Waals surface area contributed by atoms with Gasteiger partial charge in [-0.2, -0.15) is 0 Å². The van der Waals surface area contributed by atoms with Gasteiger partial charge in [-0.3, -0.25) is 4.99 Å². The molecule has 30 heavy (non-hydrogen) atoms. The van der Waals surface area contributed by atoms with Crippen molar-refractivity contribution in [3.8, 4) is 5.75 Å². The van der Waals surface area contributed by atoms with Crippen LogP contribution in [0, 0.1) is 0 Å². The lowest BCUT2D eigenvalue weighted by Gasteiger charge is -2.13. The number of nitrogens with one attached hydrogen (secondary N) is 2. The molecule has 2 N–H and O–H groups in total. The second-order valence-electron chi connectivity index (χ2n) is 7.42. The molecule has 156 valence electrons. The van der Waals surface area contributed by atoms with E-state index in [1.54, 1.807) is 7.05 Å². The van der Waals surface area contributed by atoms with Crippen molar-refractivity contribution in [3.05, 3.63) is 83.4 Å². The lowest BCUT2D eigenvalue weighted by molar-refractivity contribution is 0.357. The quantitative estimate of drug-likeness (QED) is 0.448. The summed E-state index contributed by atoms with van der Waals surface area (Å²) in [4.78, 5) is 8.85. The van der Waals surface area contributed by atoms with Crippen LogP contribution in [0.1, 0.15) is 22.5 Å². The molecule has 6 nitrogen and oxygen atoms in total. The number of rotatable bonds is 8. The predicted molar refractivity (Wildman–Crippen MR) is 120 cm³/mol. The van der Waals surface area contributed by atoms with Crippen LogP contribution in [-0.2, 0) is 25.8 Å². The molecular weight excluding hydrogens is 374 g/mol. The molecule has 0 amide bonds. The first-order valence-corrected chi connectivity index (χ1v) is 10.5. The first kappa shape index (κ1) is 20.0. The largest absolute Gasteiger partial charge is 0.493 e. The summed E-state index contributed by atoms with van der Waals surface area (Å²) in [6.45, 7) is 3.26. The zero-order chi connectivity index (χ0) is 20.6. The Balaban J connectivity index is 1.21. The number of hydrogen-bond acceptors (Lipinski definition) is 3. The number of hydrogen-bond donors (Lipinski definition) is 2. The van der Waals surface area contributed by atoms with Gasteiger partial charge in [-0.25, -0.2) is 4.98 Å². The minimum absolute atomic E-state index is 0.779. The van der Waals surface area contributed by atoms with Crippen molar-refractivity contribution in [2.45, 2.75) is 25.8 Å². The number of imidazole rings is 1. The average molecular weight is 404 g/mol. The minimum Gasteiger partial charge on any atom is -0.493 e. The third kappa shape index (κ3) is 5.20. The Kier molecular flexibility index (Phi) is 6.65. The number of aliphatic imine (C=N–C) groups is 1. The highest BCUT2D eigenvalue weighted by molar-refractivity contribution is 5.79. The zero-order valence-corrected chi connectivity index (χ0v) is 17.5. The second-order valence-corrected chi connectivity index (χ2v) is 7.42. The molecule has 2 aromatic carbocycles. The Hall–Kier alpha value is -3.28. The Morgan fingerprint density at radius 3 is 2.73 bits per heavy atom. The molecule has 1 aliphatic rings. The van der Waals surface area contributed by atoms with Crippen molar-refractivity contribution in [3.63, 3.8) is 0 Å². The summed E-state index contributed by atoms with van der Waals surface area (Å²) in [5, 5.41) is 6.79. The van der Waals surface area contributed by atoms with Crippen LogP contribution in [0.4, 0.5) is 0 Å². The van der Waals surface area contributed by atoms with E-state index in [9.17, 15) is 0 Å². The lowest BCUT2D eigenvalue weighted by atomic mass is 10.1. The van der Waals surface area contributed by atoms with Gasteiger partial charge in [0.15, 0.2) is 5.96 Å². The second kappa shape index (κ2) is 9.96. The smallest absolute Gasteiger partial charge is 0.191 e. The molecule has 4 rings (SSSR count). The van der Waals surface area contributed by atoms with Gasteiger partial charge in [0.2, 0.25) is 0 Å². The van der Waals surface area contributed by atoms with Gasteiger partial charge in [-0.1, -0.05) is 42.5 Å². The maximum atomic E-state index is 5.58. The number of fused-ring (bicyclic) bond motifs is 1. The standard InChI is InChI=1S/C24H29N5O/c1-25-24(27-12-9-19-7-8-22-21(17-19)11-16-30-22)28-13-10-23-26-14-15-29(23)18-20-5-3-2-4-6-20/h2-8,14-15,17H,9-13,16,18H2,1H3,(H2,25,27,28). The predicted octanol–water partition coefficient (Wildman–Crippen LogP) is 2.82. The molecule has 0 fully saturated rings. The van der Waals surface area contributed by atoms with Crippen molar-refractivity contribution < 1.29 is 4.74 Å². The highest BCUT2D eigenvalue weighted by atomic mass is 16.5. The van der Waals surface area contributed by atoms with E-state index in [2.05, 4.69) is 67.6 Å². The summed E-state index contributed by atoms with van der Waals surface area (Å²) in [6, 6.07) is 17.0. The van der Waals surface area contributed by atoms with E-state index in [-0.39, 0.29) is 0 Å². The normalized spacial score (nSPS) is 13.0. The molecule has 0 atom stereocenters. The van der Waals surface area contributed by atoms with Gasteiger partial charge in [-0.05, 0) is 29.2 Å². The van der Waals surface area contributed by atoms with Crippen LogP contribution < -0.4 is 15.4 Å². The molecule has 0 saturated heterocycles. The molecular formula is C24H29N5O. The molecule has 0 radical (unpaired) electrons. The van der Waals surface area contributed by atoms with Gasteiger partial charge < -0.3 is 19.9 Å². The van der Waals surface area contributed by atoms with Crippen LogP contribution in [-0.4, -0.2) is 42.3 Å². The monoisotopic (exact) mass is 403 g/mol. The van der Waals surface area contributed by atoms with Crippen LogP contribution in [0.3, 0.4) is 0 Å². The van der Waals surface area contributed by atoms with Crippen LogP contribution in [0.2, 0.25) is 0 Å². The van der Waals surface area contributed by atoms with Crippen LogP contribution in [0.15, 0.2) is 65.9 Å². The Morgan fingerprint density at radius 2 is 1.90 bits per heavy atom. The van der Waals surface area contributed by atoms with Gasteiger partial charge in [0, 0.05) is 51.9 Å². The van der Waals surface area contributed by atoms with Crippen molar-refractivity contribution >= 4 is 5.96 Å². The Morgan fingerprint density at radius 1 is 1.07 bits per heavy atom. The number of aromatic nitrogens is 2. The van der Waals surface area contributed by atoms with Crippen molar-refractivity contribution in [1.29, 1.82) is 0 Å². The van der Waals surface area contributed by atoms with Gasteiger partial charge >= 0.3 is 0 Å². The fourth-order valence-corrected chi connectivity index (χ4v) is 3.73. The summed E-state index contributed by atoms with van der Waals surface area (Å²) in [5.41, 5.74) is 3.92. The number of benzene rings is 2. The minimum atomic E-state index is 0.779. The average Bonchev–Trinajstić information content (AvgIpc) is 3.42. The summed E-state index contributed by atoms with van der Waals surface area (Å²) in [5.74, 6) is 2.93. The maximum Gasteiger partial charge on any atom is 0.191 e. The summed E-state index contributed by atoms with van der Waals surface area (Å²) in [6.07, 6.45) is 6.71. The molecule has 2 heterocycles. The van der Waals surface area contributed by atoms with E-state index in [0.717, 1.165) is 63.0 Å². The lowest BCUT2D eigenvalue weighted by Crippen LogP contribution is -2.39. The molecule has 0 spiro atoms. The molecule has 0 saturated carbocycles. The van der Waals surface area contributed by atoms with Crippen LogP contribution >= 0.6 is 0 Å². The third-order valence-corrected chi connectivity index (χ3v) is 5.32. The van der Waals surface area contributed by atoms with E-state index < -0.39 is 0 Å². The SMILES string of the molecule is CN=C(NCCc1ccc2c(c1)CCO2)NCCc1nccn1Cc1ccccc1. The summed E-state index contributed by atoms with van der Waals surface area (Å²) >= 11 is 0. The third-order valence-electron chi connectivity index (χ3n) is 5.32. The number of nitrogens with zero attached hydrogens (tertiary/aromatic N) is 3. The van der Waals surface area contributed by atoms with E-state index in [4.69, 9.17) is 4.74 Å². The van der Waals surface area contributed by atoms with Gasteiger partial charge in [-0.15, -0.1) is 0 Å². The molecule has 1 aromatic heterocycles. The summed E-state index contributed by atoms with van der Waals surface area (Å²) < 4.78 is 7.78. The molecule has 0 unspecified atom stereocenters. The maximum absolute atomic E-state index is 5.58. The van der Waals surface area contributed by atoms with Crippen molar-refractivity contribution in [2.75, 3.05) is 26.7 Å². The highest BCUT2D eigenvalue weighted by Crippen LogP contribution is 2.25. The van der Waals surface area contributed by atoms with Gasteiger partial charge in [0.05, 0.1) is 6.61 Å².